The van der Waals surface area contributed by atoms with Crippen LogP contribution in [0.1, 0.15) is 25.0 Å². The van der Waals surface area contributed by atoms with Crippen LogP contribution in [0.15, 0.2) is 18.2 Å². The molecule has 0 amide bonds. The number of aryl methyl sites for hydroxylation is 2. The first-order chi connectivity index (χ1) is 7.54. The molecule has 1 aromatic carbocycles. The van der Waals surface area contributed by atoms with Crippen molar-refractivity contribution in [2.45, 2.75) is 33.7 Å². The van der Waals surface area contributed by atoms with E-state index >= 15 is 0 Å². The predicted octanol–water partition coefficient (Wildman–Crippen LogP) is 2.67. The monoisotopic (exact) mass is 221 g/mol. The van der Waals surface area contributed by atoms with Gasteiger partial charge in [0.2, 0.25) is 0 Å². The van der Waals surface area contributed by atoms with Gasteiger partial charge in [0.15, 0.2) is 0 Å². The van der Waals surface area contributed by atoms with E-state index in [9.17, 15) is 4.79 Å². The van der Waals surface area contributed by atoms with Crippen LogP contribution in [-0.4, -0.2) is 18.6 Å². The molecule has 88 valence electrons. The number of esters is 1. The average Bonchev–Trinajstić information content (AvgIpc) is 2.23. The molecule has 3 heteroatoms. The van der Waals surface area contributed by atoms with Crippen LogP contribution in [0.3, 0.4) is 0 Å². The summed E-state index contributed by atoms with van der Waals surface area (Å²) in [5, 5.41) is 3.16. The smallest absolute Gasteiger partial charge is 0.328 e. The molecule has 3 nitrogen and oxygen atoms in total. The van der Waals surface area contributed by atoms with E-state index in [1.165, 1.54) is 5.56 Å². The number of anilines is 1. The van der Waals surface area contributed by atoms with Crippen LogP contribution in [0.25, 0.3) is 0 Å². The SMILES string of the molecule is CCOC(=O)[C@H](C)Nc1cc(C)ccc1C. The number of carbonyl (C=O) groups is 1. The standard InChI is InChI=1S/C13H19NO2/c1-5-16-13(15)11(4)14-12-8-9(2)6-7-10(12)3/h6-8,11,14H,5H2,1-4H3/t11-/m0/s1. The lowest BCUT2D eigenvalue weighted by Gasteiger charge is -2.16. The molecule has 1 rings (SSSR count). The molecule has 0 aliphatic rings. The van der Waals surface area contributed by atoms with Crippen LogP contribution in [0.2, 0.25) is 0 Å². The second-order valence-corrected chi connectivity index (χ2v) is 3.94. The molecule has 0 aliphatic heterocycles. The maximum absolute atomic E-state index is 11.5. The number of hydrogen-bond donors (Lipinski definition) is 1. The predicted molar refractivity (Wildman–Crippen MR) is 65.6 cm³/mol. The van der Waals surface area contributed by atoms with E-state index in [2.05, 4.69) is 11.4 Å². The zero-order chi connectivity index (χ0) is 12.1. The van der Waals surface area contributed by atoms with Crippen LogP contribution >= 0.6 is 0 Å². The van der Waals surface area contributed by atoms with Gasteiger partial charge in [-0.05, 0) is 44.9 Å². The molecule has 0 fully saturated rings. The number of benzene rings is 1. The highest BCUT2D eigenvalue weighted by atomic mass is 16.5. The van der Waals surface area contributed by atoms with E-state index in [4.69, 9.17) is 4.74 Å². The first-order valence-electron chi connectivity index (χ1n) is 5.55. The topological polar surface area (TPSA) is 38.3 Å². The number of carbonyl (C=O) groups excluding carboxylic acids is 1. The third-order valence-electron chi connectivity index (χ3n) is 2.41. The molecular formula is C13H19NO2. The summed E-state index contributed by atoms with van der Waals surface area (Å²) in [6.07, 6.45) is 0. The summed E-state index contributed by atoms with van der Waals surface area (Å²) in [7, 11) is 0. The van der Waals surface area contributed by atoms with Crippen molar-refractivity contribution in [3.63, 3.8) is 0 Å². The lowest BCUT2D eigenvalue weighted by Crippen LogP contribution is -2.28. The van der Waals surface area contributed by atoms with Gasteiger partial charge in [-0.1, -0.05) is 12.1 Å². The summed E-state index contributed by atoms with van der Waals surface area (Å²) in [6.45, 7) is 8.07. The summed E-state index contributed by atoms with van der Waals surface area (Å²) < 4.78 is 4.94. The summed E-state index contributed by atoms with van der Waals surface area (Å²) >= 11 is 0. The Morgan fingerprint density at radius 1 is 1.44 bits per heavy atom. The third-order valence-corrected chi connectivity index (χ3v) is 2.41. The molecule has 0 spiro atoms. The third kappa shape index (κ3) is 3.26. The van der Waals surface area contributed by atoms with E-state index in [1.807, 2.05) is 32.9 Å². The van der Waals surface area contributed by atoms with Crippen molar-refractivity contribution in [1.82, 2.24) is 0 Å². The normalized spacial score (nSPS) is 12.0. The highest BCUT2D eigenvalue weighted by Gasteiger charge is 2.14. The molecule has 1 aromatic rings. The molecule has 0 saturated heterocycles. The zero-order valence-corrected chi connectivity index (χ0v) is 10.3. The Labute approximate surface area is 96.8 Å². The molecule has 1 N–H and O–H groups in total. The van der Waals surface area contributed by atoms with Crippen molar-refractivity contribution in [3.05, 3.63) is 29.3 Å². The average molecular weight is 221 g/mol. The molecule has 1 atom stereocenters. The van der Waals surface area contributed by atoms with Crippen molar-refractivity contribution < 1.29 is 9.53 Å². The Balaban J connectivity index is 2.72. The first-order valence-corrected chi connectivity index (χ1v) is 5.55. The lowest BCUT2D eigenvalue weighted by molar-refractivity contribution is -0.143. The van der Waals surface area contributed by atoms with Gasteiger partial charge in [0.05, 0.1) is 6.61 Å². The second kappa shape index (κ2) is 5.54. The Morgan fingerprint density at radius 3 is 2.75 bits per heavy atom. The van der Waals surface area contributed by atoms with Crippen LogP contribution in [-0.2, 0) is 9.53 Å². The Kier molecular flexibility index (Phi) is 4.35. The number of hydrogen-bond acceptors (Lipinski definition) is 3. The second-order valence-electron chi connectivity index (χ2n) is 3.94. The van der Waals surface area contributed by atoms with E-state index < -0.39 is 0 Å². The van der Waals surface area contributed by atoms with E-state index in [0.29, 0.717) is 6.61 Å². The van der Waals surface area contributed by atoms with Crippen LogP contribution in [0.5, 0.6) is 0 Å². The summed E-state index contributed by atoms with van der Waals surface area (Å²) in [6, 6.07) is 5.80. The van der Waals surface area contributed by atoms with Crippen LogP contribution in [0, 0.1) is 13.8 Å². The van der Waals surface area contributed by atoms with E-state index in [-0.39, 0.29) is 12.0 Å². The maximum atomic E-state index is 11.5. The lowest BCUT2D eigenvalue weighted by atomic mass is 10.1. The number of nitrogens with one attached hydrogen (secondary N) is 1. The van der Waals surface area contributed by atoms with Crippen LogP contribution < -0.4 is 5.32 Å². The van der Waals surface area contributed by atoms with Crippen molar-refractivity contribution in [1.29, 1.82) is 0 Å². The van der Waals surface area contributed by atoms with Gasteiger partial charge in [-0.25, -0.2) is 4.79 Å². The molecule has 0 saturated carbocycles. The Hall–Kier alpha value is -1.51. The Morgan fingerprint density at radius 2 is 2.12 bits per heavy atom. The molecule has 0 aromatic heterocycles. The minimum absolute atomic E-state index is 0.219. The fourth-order valence-electron chi connectivity index (χ4n) is 1.45. The molecule has 0 unspecified atom stereocenters. The van der Waals surface area contributed by atoms with Gasteiger partial charge >= 0.3 is 5.97 Å². The minimum atomic E-state index is -0.319. The molecule has 16 heavy (non-hydrogen) atoms. The van der Waals surface area contributed by atoms with E-state index in [1.54, 1.807) is 6.92 Å². The van der Waals surface area contributed by atoms with Crippen molar-refractivity contribution in [2.75, 3.05) is 11.9 Å². The molecule has 0 radical (unpaired) electrons. The fraction of sp³-hybridized carbons (Fsp3) is 0.462. The van der Waals surface area contributed by atoms with Crippen LogP contribution in [0.4, 0.5) is 5.69 Å². The van der Waals surface area contributed by atoms with Crippen molar-refractivity contribution >= 4 is 11.7 Å². The number of rotatable bonds is 4. The highest BCUT2D eigenvalue weighted by molar-refractivity contribution is 5.79. The minimum Gasteiger partial charge on any atom is -0.464 e. The molecule has 0 aliphatic carbocycles. The van der Waals surface area contributed by atoms with Gasteiger partial charge in [0, 0.05) is 5.69 Å². The summed E-state index contributed by atoms with van der Waals surface area (Å²) in [5.41, 5.74) is 3.28. The fourth-order valence-corrected chi connectivity index (χ4v) is 1.45. The molecule has 0 heterocycles. The van der Waals surface area contributed by atoms with Gasteiger partial charge in [-0.15, -0.1) is 0 Å². The zero-order valence-electron chi connectivity index (χ0n) is 10.3. The van der Waals surface area contributed by atoms with E-state index in [0.717, 1.165) is 11.3 Å². The van der Waals surface area contributed by atoms with Gasteiger partial charge in [-0.2, -0.15) is 0 Å². The van der Waals surface area contributed by atoms with Gasteiger partial charge in [0.25, 0.3) is 0 Å². The van der Waals surface area contributed by atoms with Crippen molar-refractivity contribution in [3.8, 4) is 0 Å². The largest absolute Gasteiger partial charge is 0.464 e. The maximum Gasteiger partial charge on any atom is 0.328 e. The summed E-state index contributed by atoms with van der Waals surface area (Å²) in [5.74, 6) is -0.219. The van der Waals surface area contributed by atoms with Crippen molar-refractivity contribution in [2.24, 2.45) is 0 Å². The highest BCUT2D eigenvalue weighted by Crippen LogP contribution is 2.17. The molecule has 0 bridgehead atoms. The van der Waals surface area contributed by atoms with Gasteiger partial charge in [-0.3, -0.25) is 0 Å². The summed E-state index contributed by atoms with van der Waals surface area (Å²) in [4.78, 5) is 11.5. The molecular weight excluding hydrogens is 202 g/mol. The van der Waals surface area contributed by atoms with Gasteiger partial charge < -0.3 is 10.1 Å². The quantitative estimate of drug-likeness (QED) is 0.794. The Bertz CT molecular complexity index is 374. The first kappa shape index (κ1) is 12.6. The van der Waals surface area contributed by atoms with Gasteiger partial charge in [0.1, 0.15) is 6.04 Å². The number of ether oxygens (including phenoxy) is 1.